The lowest BCUT2D eigenvalue weighted by molar-refractivity contribution is -0.116. The minimum atomic E-state index is -0.277. The van der Waals surface area contributed by atoms with Crippen molar-refractivity contribution in [3.63, 3.8) is 0 Å². The van der Waals surface area contributed by atoms with Crippen molar-refractivity contribution in [3.05, 3.63) is 41.3 Å². The zero-order valence-electron chi connectivity index (χ0n) is 11.8. The van der Waals surface area contributed by atoms with Gasteiger partial charge in [-0.3, -0.25) is 9.59 Å². The van der Waals surface area contributed by atoms with Gasteiger partial charge in [0.2, 0.25) is 5.91 Å². The number of aryl methyl sites for hydroxylation is 1. The summed E-state index contributed by atoms with van der Waals surface area (Å²) in [6, 6.07) is 5.60. The third kappa shape index (κ3) is 2.40. The van der Waals surface area contributed by atoms with Crippen LogP contribution in [0.25, 0.3) is 0 Å². The number of rotatable bonds is 2. The lowest BCUT2D eigenvalue weighted by Gasteiger charge is -2.15. The van der Waals surface area contributed by atoms with Gasteiger partial charge in [0.15, 0.2) is 0 Å². The topological polar surface area (TPSA) is 75.4 Å². The second-order valence-electron chi connectivity index (χ2n) is 5.01. The predicted molar refractivity (Wildman–Crippen MR) is 77.4 cm³/mol. The van der Waals surface area contributed by atoms with Crippen molar-refractivity contribution < 1.29 is 14.1 Å². The van der Waals surface area contributed by atoms with Crippen LogP contribution < -0.4 is 10.2 Å². The molecule has 0 saturated heterocycles. The maximum Gasteiger partial charge on any atom is 0.260 e. The number of nitrogens with zero attached hydrogens (tertiary/aromatic N) is 2. The number of benzene rings is 1. The number of amides is 2. The van der Waals surface area contributed by atoms with Crippen molar-refractivity contribution in [3.8, 4) is 0 Å². The molecule has 2 heterocycles. The Hall–Kier alpha value is -2.63. The van der Waals surface area contributed by atoms with Crippen LogP contribution in [0.1, 0.15) is 28.6 Å². The van der Waals surface area contributed by atoms with Crippen LogP contribution in [0.2, 0.25) is 0 Å². The molecule has 0 spiro atoms. The number of fused-ring (bicyclic) bond motifs is 1. The van der Waals surface area contributed by atoms with Gasteiger partial charge in [-0.2, -0.15) is 0 Å². The Labute approximate surface area is 121 Å². The molecule has 1 aromatic heterocycles. The molecule has 0 unspecified atom stereocenters. The highest BCUT2D eigenvalue weighted by Gasteiger charge is 2.23. The quantitative estimate of drug-likeness (QED) is 0.917. The molecular formula is C15H15N3O3. The molecule has 0 saturated carbocycles. The minimum absolute atomic E-state index is 0.00658. The van der Waals surface area contributed by atoms with Crippen LogP contribution >= 0.6 is 0 Å². The number of anilines is 2. The van der Waals surface area contributed by atoms with Crippen molar-refractivity contribution >= 4 is 23.2 Å². The Morgan fingerprint density at radius 3 is 2.86 bits per heavy atom. The molecule has 1 aliphatic rings. The summed E-state index contributed by atoms with van der Waals surface area (Å²) in [5.41, 5.74) is 3.03. The molecule has 1 aromatic carbocycles. The van der Waals surface area contributed by atoms with Crippen LogP contribution in [0, 0.1) is 6.92 Å². The van der Waals surface area contributed by atoms with E-state index in [1.807, 2.05) is 18.2 Å². The molecule has 0 bridgehead atoms. The van der Waals surface area contributed by atoms with E-state index in [0.29, 0.717) is 23.6 Å². The molecule has 0 fully saturated rings. The van der Waals surface area contributed by atoms with E-state index in [4.69, 9.17) is 4.52 Å². The lowest BCUT2D eigenvalue weighted by Crippen LogP contribution is -2.25. The average molecular weight is 285 g/mol. The van der Waals surface area contributed by atoms with Gasteiger partial charge in [0, 0.05) is 24.8 Å². The van der Waals surface area contributed by atoms with E-state index in [-0.39, 0.29) is 11.8 Å². The summed E-state index contributed by atoms with van der Waals surface area (Å²) >= 11 is 0. The van der Waals surface area contributed by atoms with Gasteiger partial charge in [-0.25, -0.2) is 0 Å². The first-order valence-corrected chi connectivity index (χ1v) is 6.70. The van der Waals surface area contributed by atoms with Crippen LogP contribution in [0.4, 0.5) is 11.4 Å². The highest BCUT2D eigenvalue weighted by molar-refractivity contribution is 6.05. The van der Waals surface area contributed by atoms with Crippen LogP contribution in [0.3, 0.4) is 0 Å². The molecule has 2 aromatic rings. The normalized spacial score (nSPS) is 13.1. The van der Waals surface area contributed by atoms with Gasteiger partial charge in [-0.15, -0.1) is 0 Å². The Kier molecular flexibility index (Phi) is 3.21. The van der Waals surface area contributed by atoms with Crippen LogP contribution in [-0.2, 0) is 11.2 Å². The van der Waals surface area contributed by atoms with E-state index >= 15 is 0 Å². The third-order valence-corrected chi connectivity index (χ3v) is 3.61. The number of nitrogens with one attached hydrogen (secondary N) is 1. The second kappa shape index (κ2) is 5.05. The summed E-state index contributed by atoms with van der Waals surface area (Å²) in [5, 5.41) is 6.39. The summed E-state index contributed by atoms with van der Waals surface area (Å²) in [6.45, 7) is 3.91. The Morgan fingerprint density at radius 2 is 2.19 bits per heavy atom. The Bertz CT molecular complexity index is 721. The van der Waals surface area contributed by atoms with Gasteiger partial charge >= 0.3 is 0 Å². The molecule has 1 N–H and O–H groups in total. The third-order valence-electron chi connectivity index (χ3n) is 3.61. The largest absolute Gasteiger partial charge is 0.361 e. The van der Waals surface area contributed by atoms with E-state index in [0.717, 1.165) is 17.7 Å². The summed E-state index contributed by atoms with van der Waals surface area (Å²) < 4.78 is 4.88. The van der Waals surface area contributed by atoms with E-state index in [2.05, 4.69) is 10.5 Å². The van der Waals surface area contributed by atoms with Crippen molar-refractivity contribution in [2.75, 3.05) is 16.8 Å². The SMILES string of the molecule is CC(=O)N1CCc2ccc(NC(=O)c3cnoc3C)cc21. The smallest absolute Gasteiger partial charge is 0.260 e. The number of carbonyl (C=O) groups excluding carboxylic acids is 2. The highest BCUT2D eigenvalue weighted by atomic mass is 16.5. The van der Waals surface area contributed by atoms with Gasteiger partial charge in [-0.1, -0.05) is 11.2 Å². The van der Waals surface area contributed by atoms with Gasteiger partial charge in [0.1, 0.15) is 11.3 Å². The van der Waals surface area contributed by atoms with Crippen molar-refractivity contribution in [1.29, 1.82) is 0 Å². The first kappa shape index (κ1) is 13.4. The van der Waals surface area contributed by atoms with Crippen molar-refractivity contribution in [2.45, 2.75) is 20.3 Å². The fraction of sp³-hybridized carbons (Fsp3) is 0.267. The molecule has 0 atom stereocenters. The fourth-order valence-corrected chi connectivity index (χ4v) is 2.50. The van der Waals surface area contributed by atoms with Gasteiger partial charge in [0.05, 0.1) is 6.20 Å². The molecule has 21 heavy (non-hydrogen) atoms. The number of hydrogen-bond acceptors (Lipinski definition) is 4. The molecule has 6 heteroatoms. The first-order chi connectivity index (χ1) is 10.1. The molecule has 6 nitrogen and oxygen atoms in total. The maximum absolute atomic E-state index is 12.1. The standard InChI is InChI=1S/C15H15N3O3/c1-9-13(8-16-21-9)15(20)17-12-4-3-11-5-6-18(10(2)19)14(11)7-12/h3-4,7-8H,5-6H2,1-2H3,(H,17,20). The van der Waals surface area contributed by atoms with Crippen molar-refractivity contribution in [1.82, 2.24) is 5.16 Å². The molecule has 1 aliphatic heterocycles. The van der Waals surface area contributed by atoms with Crippen LogP contribution in [-0.4, -0.2) is 23.5 Å². The van der Waals surface area contributed by atoms with Crippen LogP contribution in [0.15, 0.2) is 28.9 Å². The molecule has 3 rings (SSSR count). The summed E-state index contributed by atoms with van der Waals surface area (Å²) in [4.78, 5) is 25.4. The fourth-order valence-electron chi connectivity index (χ4n) is 2.50. The number of carbonyl (C=O) groups is 2. The summed E-state index contributed by atoms with van der Waals surface area (Å²) in [6.07, 6.45) is 2.23. The Balaban J connectivity index is 1.85. The van der Waals surface area contributed by atoms with E-state index in [1.54, 1.807) is 18.7 Å². The molecule has 108 valence electrons. The van der Waals surface area contributed by atoms with E-state index < -0.39 is 0 Å². The molecule has 0 aliphatic carbocycles. The van der Waals surface area contributed by atoms with Crippen LogP contribution in [0.5, 0.6) is 0 Å². The summed E-state index contributed by atoms with van der Waals surface area (Å²) in [5.74, 6) is 0.201. The zero-order valence-corrected chi connectivity index (χ0v) is 11.8. The number of aromatic nitrogens is 1. The molecule has 0 radical (unpaired) electrons. The monoisotopic (exact) mass is 285 g/mol. The number of hydrogen-bond donors (Lipinski definition) is 1. The van der Waals surface area contributed by atoms with Gasteiger partial charge in [0.25, 0.3) is 5.91 Å². The second-order valence-corrected chi connectivity index (χ2v) is 5.01. The lowest BCUT2D eigenvalue weighted by atomic mass is 10.1. The molecule has 2 amide bonds. The zero-order chi connectivity index (χ0) is 15.0. The van der Waals surface area contributed by atoms with E-state index in [1.165, 1.54) is 6.20 Å². The first-order valence-electron chi connectivity index (χ1n) is 6.70. The predicted octanol–water partition coefficient (Wildman–Crippen LogP) is 2.14. The maximum atomic E-state index is 12.1. The average Bonchev–Trinajstić information content (AvgIpc) is 3.04. The highest BCUT2D eigenvalue weighted by Crippen LogP contribution is 2.31. The minimum Gasteiger partial charge on any atom is -0.361 e. The van der Waals surface area contributed by atoms with Crippen molar-refractivity contribution in [2.24, 2.45) is 0 Å². The summed E-state index contributed by atoms with van der Waals surface area (Å²) in [7, 11) is 0. The van der Waals surface area contributed by atoms with Gasteiger partial charge in [-0.05, 0) is 31.0 Å². The Morgan fingerprint density at radius 1 is 1.38 bits per heavy atom. The van der Waals surface area contributed by atoms with Gasteiger partial charge < -0.3 is 14.7 Å². The van der Waals surface area contributed by atoms with E-state index in [9.17, 15) is 9.59 Å². The molecular weight excluding hydrogens is 270 g/mol.